The van der Waals surface area contributed by atoms with E-state index in [4.69, 9.17) is 0 Å². The normalized spacial score (nSPS) is 37.5. The van der Waals surface area contributed by atoms with E-state index in [2.05, 4.69) is 6.92 Å². The molecule has 0 N–H and O–H groups in total. The summed E-state index contributed by atoms with van der Waals surface area (Å²) in [6.07, 6.45) is 4.40. The fourth-order valence-electron chi connectivity index (χ4n) is 1.66. The van der Waals surface area contributed by atoms with Crippen LogP contribution >= 0.6 is 0 Å². The average molecular weight is 81.1 g/mol. The van der Waals surface area contributed by atoms with E-state index in [1.54, 1.807) is 0 Å². The van der Waals surface area contributed by atoms with Crippen molar-refractivity contribution < 1.29 is 0 Å². The standard InChI is InChI=1S/C6H9/c1-6-2-5(3-6)4-6/h2-4H2,1H3. The lowest BCUT2D eigenvalue weighted by atomic mass is 9.46. The van der Waals surface area contributed by atoms with Gasteiger partial charge in [0.25, 0.3) is 0 Å². The van der Waals surface area contributed by atoms with Crippen LogP contribution in [0.5, 0.6) is 0 Å². The minimum Gasteiger partial charge on any atom is -0.0596 e. The first-order chi connectivity index (χ1) is 2.79. The molecule has 0 spiro atoms. The summed E-state index contributed by atoms with van der Waals surface area (Å²) in [5.41, 5.74) is 0.829. The molecule has 0 aliphatic heterocycles. The van der Waals surface area contributed by atoms with Crippen LogP contribution < -0.4 is 0 Å². The van der Waals surface area contributed by atoms with Gasteiger partial charge >= 0.3 is 0 Å². The molecule has 0 aromatic carbocycles. The molecule has 0 amide bonds. The summed E-state index contributed by atoms with van der Waals surface area (Å²) in [6.45, 7) is 2.38. The first kappa shape index (κ1) is 3.06. The van der Waals surface area contributed by atoms with E-state index in [9.17, 15) is 0 Å². The van der Waals surface area contributed by atoms with Crippen LogP contribution in [0.3, 0.4) is 0 Å². The van der Waals surface area contributed by atoms with E-state index in [0.717, 1.165) is 5.41 Å². The Hall–Kier alpha value is 0. The number of rotatable bonds is 0. The van der Waals surface area contributed by atoms with Crippen molar-refractivity contribution in [1.29, 1.82) is 0 Å². The van der Waals surface area contributed by atoms with Gasteiger partial charge in [-0.15, -0.1) is 0 Å². The molecule has 0 heteroatoms. The van der Waals surface area contributed by atoms with E-state index in [1.165, 1.54) is 19.3 Å². The van der Waals surface area contributed by atoms with Gasteiger partial charge in [0, 0.05) is 0 Å². The Morgan fingerprint density at radius 1 is 1.33 bits per heavy atom. The van der Waals surface area contributed by atoms with Crippen LogP contribution in [0.15, 0.2) is 0 Å². The van der Waals surface area contributed by atoms with E-state index in [-0.39, 0.29) is 0 Å². The minimum atomic E-state index is 0.829. The fourth-order valence-corrected chi connectivity index (χ4v) is 1.66. The Labute approximate surface area is 38.6 Å². The van der Waals surface area contributed by atoms with E-state index >= 15 is 0 Å². The van der Waals surface area contributed by atoms with Gasteiger partial charge in [0.15, 0.2) is 0 Å². The van der Waals surface area contributed by atoms with Crippen molar-refractivity contribution in [3.05, 3.63) is 5.92 Å². The van der Waals surface area contributed by atoms with Crippen LogP contribution in [0.4, 0.5) is 0 Å². The highest BCUT2D eigenvalue weighted by atomic mass is 14.6. The molecular formula is C6H9. The van der Waals surface area contributed by atoms with Gasteiger partial charge in [0.1, 0.15) is 0 Å². The Balaban J connectivity index is 2.19. The summed E-state index contributed by atoms with van der Waals surface area (Å²) in [5.74, 6) is 1.82. The molecule has 3 rings (SSSR count). The first-order valence-corrected chi connectivity index (χ1v) is 2.62. The molecule has 6 heavy (non-hydrogen) atoms. The van der Waals surface area contributed by atoms with Crippen molar-refractivity contribution in [3.8, 4) is 0 Å². The maximum absolute atomic E-state index is 2.38. The van der Waals surface area contributed by atoms with Crippen LogP contribution in [0.2, 0.25) is 0 Å². The fraction of sp³-hybridized carbons (Fsp3) is 0.833. The van der Waals surface area contributed by atoms with E-state index in [1.807, 2.05) is 5.92 Å². The van der Waals surface area contributed by atoms with Crippen LogP contribution in [0.25, 0.3) is 0 Å². The summed E-state index contributed by atoms with van der Waals surface area (Å²) in [5, 5.41) is 0. The lowest BCUT2D eigenvalue weighted by Crippen LogP contribution is -2.47. The quantitative estimate of drug-likeness (QED) is 0.417. The second-order valence-electron chi connectivity index (χ2n) is 3.09. The van der Waals surface area contributed by atoms with E-state index < -0.39 is 0 Å². The molecule has 2 bridgehead atoms. The predicted octanol–water partition coefficient (Wildman–Crippen LogP) is 1.76. The molecule has 0 saturated heterocycles. The number of hydrogen-bond acceptors (Lipinski definition) is 0. The Morgan fingerprint density at radius 3 is 1.67 bits per heavy atom. The molecule has 33 valence electrons. The monoisotopic (exact) mass is 81.1 g/mol. The third-order valence-corrected chi connectivity index (χ3v) is 2.03. The summed E-state index contributed by atoms with van der Waals surface area (Å²) >= 11 is 0. The summed E-state index contributed by atoms with van der Waals surface area (Å²) in [4.78, 5) is 0. The third kappa shape index (κ3) is 0.160. The molecule has 3 fully saturated rings. The van der Waals surface area contributed by atoms with Crippen molar-refractivity contribution in [2.75, 3.05) is 0 Å². The van der Waals surface area contributed by atoms with Crippen molar-refractivity contribution in [2.24, 2.45) is 5.41 Å². The summed E-state index contributed by atoms with van der Waals surface area (Å²) < 4.78 is 0. The number of hydrogen-bond donors (Lipinski definition) is 0. The SMILES string of the molecule is CC12C[C](C1)C2. The molecule has 3 aliphatic rings. The van der Waals surface area contributed by atoms with Crippen LogP contribution in [-0.4, -0.2) is 0 Å². The van der Waals surface area contributed by atoms with Gasteiger partial charge in [0.05, 0.1) is 0 Å². The highest BCUT2D eigenvalue weighted by molar-refractivity contribution is 5.24. The molecule has 1 radical (unpaired) electrons. The van der Waals surface area contributed by atoms with Crippen molar-refractivity contribution in [1.82, 2.24) is 0 Å². The average Bonchev–Trinajstić information content (AvgIpc) is 1.24. The zero-order valence-corrected chi connectivity index (χ0v) is 4.12. The maximum Gasteiger partial charge on any atom is -0.0225 e. The van der Waals surface area contributed by atoms with Gasteiger partial charge in [-0.2, -0.15) is 0 Å². The first-order valence-electron chi connectivity index (χ1n) is 2.62. The molecule has 0 unspecified atom stereocenters. The highest BCUT2D eigenvalue weighted by Crippen LogP contribution is 2.65. The molecule has 0 aromatic heterocycles. The molecule has 0 heterocycles. The van der Waals surface area contributed by atoms with Crippen LogP contribution in [0.1, 0.15) is 26.2 Å². The van der Waals surface area contributed by atoms with Crippen molar-refractivity contribution in [2.45, 2.75) is 26.2 Å². The zero-order chi connectivity index (χ0) is 4.20. The summed E-state index contributed by atoms with van der Waals surface area (Å²) in [6, 6.07) is 0. The largest absolute Gasteiger partial charge is 0.0596 e. The van der Waals surface area contributed by atoms with E-state index in [0.29, 0.717) is 0 Å². The maximum atomic E-state index is 2.38. The molecule has 3 saturated carbocycles. The Bertz CT molecular complexity index is 67.0. The Morgan fingerprint density at radius 2 is 1.67 bits per heavy atom. The lowest BCUT2D eigenvalue weighted by molar-refractivity contribution is 0.0493. The molecule has 3 aliphatic carbocycles. The van der Waals surface area contributed by atoms with Crippen LogP contribution in [-0.2, 0) is 0 Å². The third-order valence-electron chi connectivity index (χ3n) is 2.03. The topological polar surface area (TPSA) is 0 Å². The van der Waals surface area contributed by atoms with Gasteiger partial charge in [-0.25, -0.2) is 0 Å². The summed E-state index contributed by atoms with van der Waals surface area (Å²) in [7, 11) is 0. The van der Waals surface area contributed by atoms with Crippen molar-refractivity contribution >= 4 is 0 Å². The lowest BCUT2D eigenvalue weighted by Gasteiger charge is -2.59. The van der Waals surface area contributed by atoms with Gasteiger partial charge in [0.2, 0.25) is 0 Å². The molecule has 0 nitrogen and oxygen atoms in total. The zero-order valence-electron chi connectivity index (χ0n) is 4.12. The predicted molar refractivity (Wildman–Crippen MR) is 25.2 cm³/mol. The van der Waals surface area contributed by atoms with Crippen molar-refractivity contribution in [3.63, 3.8) is 0 Å². The second kappa shape index (κ2) is 0.556. The highest BCUT2D eigenvalue weighted by Gasteiger charge is 2.52. The van der Waals surface area contributed by atoms with Gasteiger partial charge in [-0.1, -0.05) is 6.92 Å². The van der Waals surface area contributed by atoms with Crippen LogP contribution in [0, 0.1) is 11.3 Å². The minimum absolute atomic E-state index is 0.829. The molecule has 0 aromatic rings. The second-order valence-corrected chi connectivity index (χ2v) is 3.09. The molecular weight excluding hydrogens is 72.1 g/mol. The smallest absolute Gasteiger partial charge is 0.0225 e. The molecule has 0 atom stereocenters. The van der Waals surface area contributed by atoms with Gasteiger partial charge in [-0.05, 0) is 30.6 Å². The van der Waals surface area contributed by atoms with Gasteiger partial charge in [-0.3, -0.25) is 0 Å². The Kier molecular flexibility index (Phi) is 0.283. The van der Waals surface area contributed by atoms with Gasteiger partial charge < -0.3 is 0 Å².